The molecule has 1 aliphatic rings. The van der Waals surface area contributed by atoms with Gasteiger partial charge in [0.05, 0.1) is 16.2 Å². The van der Waals surface area contributed by atoms with Gasteiger partial charge in [0.1, 0.15) is 18.0 Å². The van der Waals surface area contributed by atoms with Crippen LogP contribution in [-0.4, -0.2) is 58.3 Å². The van der Waals surface area contributed by atoms with E-state index in [0.29, 0.717) is 30.7 Å². The molecule has 3 atom stereocenters. The Hall–Kier alpha value is -2.43. The number of amides is 2. The van der Waals surface area contributed by atoms with Crippen LogP contribution >= 0.6 is 22.6 Å². The molecule has 3 unspecified atom stereocenters. The Bertz CT molecular complexity index is 998. The number of hydrogen-bond acceptors (Lipinski definition) is 5. The summed E-state index contributed by atoms with van der Waals surface area (Å²) in [6, 6.07) is 16.4. The Morgan fingerprint density at radius 2 is 1.85 bits per heavy atom. The molecule has 0 fully saturated rings. The van der Waals surface area contributed by atoms with Crippen molar-refractivity contribution in [1.29, 1.82) is 0 Å². The zero-order chi connectivity index (χ0) is 24.5. The van der Waals surface area contributed by atoms with Gasteiger partial charge in [-0.2, -0.15) is 0 Å². The van der Waals surface area contributed by atoms with E-state index in [0.717, 1.165) is 9.13 Å². The molecule has 3 N–H and O–H groups in total. The molecule has 2 amide bonds. The largest absolute Gasteiger partial charge is 0.482 e. The zero-order valence-corrected chi connectivity index (χ0v) is 21.4. The van der Waals surface area contributed by atoms with Crippen LogP contribution in [0.1, 0.15) is 31.7 Å². The van der Waals surface area contributed by atoms with Crippen LogP contribution in [-0.2, 0) is 16.1 Å². The van der Waals surface area contributed by atoms with Crippen molar-refractivity contribution in [2.75, 3.05) is 13.2 Å². The number of nitrogens with one attached hydrogen (secondary N) is 1. The highest BCUT2D eigenvalue weighted by molar-refractivity contribution is 14.1. The molecule has 3 rings (SSSR count). The number of halogens is 1. The molecule has 182 valence electrons. The van der Waals surface area contributed by atoms with Gasteiger partial charge in [-0.3, -0.25) is 9.59 Å². The number of benzene rings is 2. The van der Waals surface area contributed by atoms with Crippen LogP contribution in [0.5, 0.6) is 5.75 Å². The molecule has 1 aliphatic carbocycles. The van der Waals surface area contributed by atoms with Crippen molar-refractivity contribution < 1.29 is 24.5 Å². The summed E-state index contributed by atoms with van der Waals surface area (Å²) in [5, 5.41) is 23.2. The molecule has 0 radical (unpaired) electrons. The minimum absolute atomic E-state index is 0.0829. The Labute approximate surface area is 213 Å². The summed E-state index contributed by atoms with van der Waals surface area (Å²) < 4.78 is 7.02. The van der Waals surface area contributed by atoms with Gasteiger partial charge < -0.3 is 25.2 Å². The fourth-order valence-corrected chi connectivity index (χ4v) is 4.51. The number of carbonyl (C=O) groups is 2. The lowest BCUT2D eigenvalue weighted by Gasteiger charge is -2.40. The van der Waals surface area contributed by atoms with E-state index >= 15 is 0 Å². The lowest BCUT2D eigenvalue weighted by Crippen LogP contribution is -2.54. The van der Waals surface area contributed by atoms with Gasteiger partial charge in [-0.15, -0.1) is 0 Å². The molecule has 0 saturated carbocycles. The van der Waals surface area contributed by atoms with Crippen LogP contribution < -0.4 is 10.1 Å². The highest BCUT2D eigenvalue weighted by atomic mass is 127. The highest BCUT2D eigenvalue weighted by Crippen LogP contribution is 2.30. The predicted octanol–water partition coefficient (Wildman–Crippen LogP) is 3.04. The van der Waals surface area contributed by atoms with Gasteiger partial charge in [0.2, 0.25) is 11.8 Å². The van der Waals surface area contributed by atoms with Gasteiger partial charge >= 0.3 is 0 Å². The first-order chi connectivity index (χ1) is 16.4. The number of para-hydroxylation sites is 1. The van der Waals surface area contributed by atoms with Gasteiger partial charge in [-0.05, 0) is 52.8 Å². The fraction of sp³-hybridized carbons (Fsp3) is 0.385. The number of aliphatic hydroxyl groups is 2. The molecule has 0 spiro atoms. The van der Waals surface area contributed by atoms with Crippen molar-refractivity contribution in [3.05, 3.63) is 75.4 Å². The first kappa shape index (κ1) is 26.2. The molecule has 0 aromatic heterocycles. The van der Waals surface area contributed by atoms with Crippen molar-refractivity contribution in [2.24, 2.45) is 0 Å². The zero-order valence-electron chi connectivity index (χ0n) is 19.2. The van der Waals surface area contributed by atoms with E-state index < -0.39 is 18.2 Å². The molecule has 34 heavy (non-hydrogen) atoms. The second-order valence-corrected chi connectivity index (χ2v) is 9.37. The van der Waals surface area contributed by atoms with E-state index in [1.165, 1.54) is 0 Å². The van der Waals surface area contributed by atoms with Gasteiger partial charge in [0.15, 0.2) is 0 Å². The van der Waals surface area contributed by atoms with Crippen LogP contribution in [0.3, 0.4) is 0 Å². The second-order valence-electron chi connectivity index (χ2n) is 8.20. The number of nitrogens with zero attached hydrogens (tertiary/aromatic N) is 1. The van der Waals surface area contributed by atoms with Crippen LogP contribution in [0.2, 0.25) is 0 Å². The SMILES string of the molecule is CCCC(=O)N(Cc1ccccc1)C1CC(C(=O)NCCO)=CC(Oc2ccccc2I)C1O. The third kappa shape index (κ3) is 6.80. The van der Waals surface area contributed by atoms with Gasteiger partial charge in [0.25, 0.3) is 0 Å². The maximum Gasteiger partial charge on any atom is 0.247 e. The summed E-state index contributed by atoms with van der Waals surface area (Å²) in [6.45, 7) is 2.20. The molecular weight excluding hydrogens is 547 g/mol. The quantitative estimate of drug-likeness (QED) is 0.377. The van der Waals surface area contributed by atoms with E-state index in [-0.39, 0.29) is 31.4 Å². The highest BCUT2D eigenvalue weighted by Gasteiger charge is 2.40. The van der Waals surface area contributed by atoms with Crippen LogP contribution in [0, 0.1) is 3.57 Å². The Kier molecular flexibility index (Phi) is 9.91. The van der Waals surface area contributed by atoms with Crippen molar-refractivity contribution in [1.82, 2.24) is 10.2 Å². The van der Waals surface area contributed by atoms with E-state index in [4.69, 9.17) is 9.84 Å². The normalized spacial score (nSPS) is 19.8. The molecule has 0 aliphatic heterocycles. The van der Waals surface area contributed by atoms with Crippen LogP contribution in [0.25, 0.3) is 0 Å². The Morgan fingerprint density at radius 1 is 1.15 bits per heavy atom. The molecule has 7 nitrogen and oxygen atoms in total. The predicted molar refractivity (Wildman–Crippen MR) is 138 cm³/mol. The molecular formula is C26H31IN2O5. The number of hydrogen-bond donors (Lipinski definition) is 3. The number of aliphatic hydroxyl groups excluding tert-OH is 2. The fourth-order valence-electron chi connectivity index (χ4n) is 3.99. The van der Waals surface area contributed by atoms with E-state index in [9.17, 15) is 14.7 Å². The molecule has 0 bridgehead atoms. The van der Waals surface area contributed by atoms with Gasteiger partial charge in [-0.25, -0.2) is 0 Å². The Balaban J connectivity index is 1.95. The average Bonchev–Trinajstić information content (AvgIpc) is 2.84. The maximum atomic E-state index is 13.2. The summed E-state index contributed by atoms with van der Waals surface area (Å²) in [5.41, 5.74) is 1.36. The standard InChI is InChI=1S/C26H31IN2O5/c1-2-8-24(31)29(17-18-9-4-3-5-10-18)21-15-19(26(33)28-13-14-30)16-23(25(21)32)34-22-12-7-6-11-20(22)27/h3-7,9-12,16,21,23,25,30,32H,2,8,13-15,17H2,1H3,(H,28,33). The van der Waals surface area contributed by atoms with Gasteiger partial charge in [-0.1, -0.05) is 49.4 Å². The minimum Gasteiger partial charge on any atom is -0.482 e. The van der Waals surface area contributed by atoms with Crippen molar-refractivity contribution in [3.8, 4) is 5.75 Å². The number of carbonyl (C=O) groups excluding carboxylic acids is 2. The smallest absolute Gasteiger partial charge is 0.247 e. The van der Waals surface area contributed by atoms with E-state index in [1.54, 1.807) is 17.0 Å². The first-order valence-electron chi connectivity index (χ1n) is 11.5. The lowest BCUT2D eigenvalue weighted by molar-refractivity contribution is -0.139. The van der Waals surface area contributed by atoms with Gasteiger partial charge in [0, 0.05) is 31.5 Å². The van der Waals surface area contributed by atoms with Crippen molar-refractivity contribution >= 4 is 34.4 Å². The van der Waals surface area contributed by atoms with Crippen molar-refractivity contribution in [3.63, 3.8) is 0 Å². The second kappa shape index (κ2) is 12.9. The maximum absolute atomic E-state index is 13.2. The number of ether oxygens (including phenoxy) is 1. The Morgan fingerprint density at radius 3 is 2.53 bits per heavy atom. The van der Waals surface area contributed by atoms with E-state index in [1.807, 2.05) is 55.5 Å². The van der Waals surface area contributed by atoms with Crippen molar-refractivity contribution in [2.45, 2.75) is 51.0 Å². The lowest BCUT2D eigenvalue weighted by atomic mass is 9.87. The number of rotatable bonds is 10. The average molecular weight is 578 g/mol. The van der Waals surface area contributed by atoms with E-state index in [2.05, 4.69) is 27.9 Å². The monoisotopic (exact) mass is 578 g/mol. The molecule has 0 saturated heterocycles. The minimum atomic E-state index is -1.03. The van der Waals surface area contributed by atoms with Crippen LogP contribution in [0.15, 0.2) is 66.2 Å². The summed E-state index contributed by atoms with van der Waals surface area (Å²) in [4.78, 5) is 27.7. The van der Waals surface area contributed by atoms with Crippen LogP contribution in [0.4, 0.5) is 0 Å². The summed E-state index contributed by atoms with van der Waals surface area (Å²) in [5.74, 6) is 0.166. The third-order valence-corrected chi connectivity index (χ3v) is 6.59. The first-order valence-corrected chi connectivity index (χ1v) is 12.5. The molecule has 2 aromatic carbocycles. The summed E-state index contributed by atoms with van der Waals surface area (Å²) >= 11 is 2.16. The summed E-state index contributed by atoms with van der Waals surface area (Å²) in [6.07, 6.45) is 0.976. The third-order valence-electron chi connectivity index (χ3n) is 5.69. The topological polar surface area (TPSA) is 99.1 Å². The molecule has 8 heteroatoms. The summed E-state index contributed by atoms with van der Waals surface area (Å²) in [7, 11) is 0. The molecule has 0 heterocycles. The molecule has 2 aromatic rings.